The first-order valence-corrected chi connectivity index (χ1v) is 10.3. The second kappa shape index (κ2) is 9.54. The van der Waals surface area contributed by atoms with E-state index in [0.29, 0.717) is 22.6 Å². The molecule has 10 nitrogen and oxygen atoms in total. The standard InChI is InChI=1S/C21H16ClF3N8O2/c1-26-19(34)31-18-17-16(27-9-28-18)15(32-33-17)10-2-4-11(5-3-10)29-20(35)30-12-6-7-14(22)13(8-12)21(23,24)25/h2-9,15H,1H3,(H2,29,30,35)(H2,26,27,28,31,34). The first-order chi connectivity index (χ1) is 16.7. The van der Waals surface area contributed by atoms with Crippen LogP contribution in [0.2, 0.25) is 5.02 Å². The number of halogens is 4. The van der Waals surface area contributed by atoms with Crippen LogP contribution in [0.25, 0.3) is 0 Å². The average molecular weight is 505 g/mol. The summed E-state index contributed by atoms with van der Waals surface area (Å²) in [6.45, 7) is 0. The summed E-state index contributed by atoms with van der Waals surface area (Å²) < 4.78 is 39.0. The van der Waals surface area contributed by atoms with Crippen molar-refractivity contribution in [2.75, 3.05) is 23.0 Å². The molecule has 1 atom stereocenters. The van der Waals surface area contributed by atoms with Crippen LogP contribution in [0.3, 0.4) is 0 Å². The van der Waals surface area contributed by atoms with Gasteiger partial charge in [-0.15, -0.1) is 5.11 Å². The molecule has 0 radical (unpaired) electrons. The van der Waals surface area contributed by atoms with Crippen LogP contribution in [-0.4, -0.2) is 29.1 Å². The second-order valence-electron chi connectivity index (χ2n) is 7.17. The van der Waals surface area contributed by atoms with Gasteiger partial charge < -0.3 is 16.0 Å². The first-order valence-electron chi connectivity index (χ1n) is 9.95. The maximum atomic E-state index is 13.0. The molecule has 4 amide bonds. The molecule has 14 heteroatoms. The Hall–Kier alpha value is -4.26. The van der Waals surface area contributed by atoms with Crippen molar-refractivity contribution in [3.63, 3.8) is 0 Å². The molecular formula is C21H16ClF3N8O2. The van der Waals surface area contributed by atoms with Crippen LogP contribution in [0.5, 0.6) is 0 Å². The predicted molar refractivity (Wildman–Crippen MR) is 122 cm³/mol. The average Bonchev–Trinajstić information content (AvgIpc) is 3.25. The van der Waals surface area contributed by atoms with Gasteiger partial charge in [-0.05, 0) is 35.9 Å². The van der Waals surface area contributed by atoms with Crippen molar-refractivity contribution in [2.24, 2.45) is 10.2 Å². The van der Waals surface area contributed by atoms with Gasteiger partial charge in [-0.25, -0.2) is 19.6 Å². The molecule has 1 unspecified atom stereocenters. The lowest BCUT2D eigenvalue weighted by Crippen LogP contribution is -2.25. The van der Waals surface area contributed by atoms with Crippen molar-refractivity contribution in [3.8, 4) is 0 Å². The molecule has 0 fully saturated rings. The van der Waals surface area contributed by atoms with Crippen molar-refractivity contribution in [1.29, 1.82) is 0 Å². The van der Waals surface area contributed by atoms with Gasteiger partial charge in [0.25, 0.3) is 0 Å². The molecule has 2 heterocycles. The highest BCUT2D eigenvalue weighted by molar-refractivity contribution is 6.31. The summed E-state index contributed by atoms with van der Waals surface area (Å²) in [5.74, 6) is 0.214. The fraction of sp³-hybridized carbons (Fsp3) is 0.143. The van der Waals surface area contributed by atoms with Crippen molar-refractivity contribution in [3.05, 3.63) is 70.6 Å². The Morgan fingerprint density at radius 1 is 0.943 bits per heavy atom. The second-order valence-corrected chi connectivity index (χ2v) is 7.58. The number of carbonyl (C=O) groups excluding carboxylic acids is 2. The van der Waals surface area contributed by atoms with E-state index in [9.17, 15) is 22.8 Å². The number of rotatable bonds is 4. The predicted octanol–water partition coefficient (Wildman–Crippen LogP) is 5.73. The minimum atomic E-state index is -4.65. The number of nitrogens with one attached hydrogen (secondary N) is 4. The van der Waals surface area contributed by atoms with E-state index in [1.807, 2.05) is 0 Å². The highest BCUT2D eigenvalue weighted by Crippen LogP contribution is 2.42. The largest absolute Gasteiger partial charge is 0.417 e. The van der Waals surface area contributed by atoms with E-state index in [-0.39, 0.29) is 11.5 Å². The highest BCUT2D eigenvalue weighted by atomic mass is 35.5. The van der Waals surface area contributed by atoms with Gasteiger partial charge >= 0.3 is 18.2 Å². The normalized spacial score (nSPS) is 14.3. The molecule has 0 saturated heterocycles. The highest BCUT2D eigenvalue weighted by Gasteiger charge is 2.33. The summed E-state index contributed by atoms with van der Waals surface area (Å²) in [4.78, 5) is 32.1. The lowest BCUT2D eigenvalue weighted by molar-refractivity contribution is -0.137. The van der Waals surface area contributed by atoms with Gasteiger partial charge in [-0.2, -0.15) is 18.3 Å². The first kappa shape index (κ1) is 23.9. The Morgan fingerprint density at radius 3 is 2.31 bits per heavy atom. The summed E-state index contributed by atoms with van der Waals surface area (Å²) >= 11 is 5.59. The zero-order valence-electron chi connectivity index (χ0n) is 17.8. The summed E-state index contributed by atoms with van der Waals surface area (Å²) in [7, 11) is 1.46. The molecule has 180 valence electrons. The van der Waals surface area contributed by atoms with E-state index < -0.39 is 34.9 Å². The molecule has 0 bridgehead atoms. The van der Waals surface area contributed by atoms with Gasteiger partial charge in [0.15, 0.2) is 11.5 Å². The van der Waals surface area contributed by atoms with E-state index in [1.165, 1.54) is 19.4 Å². The fourth-order valence-electron chi connectivity index (χ4n) is 3.21. The lowest BCUT2D eigenvalue weighted by Gasteiger charge is -2.13. The van der Waals surface area contributed by atoms with Gasteiger partial charge in [-0.3, -0.25) is 5.32 Å². The van der Waals surface area contributed by atoms with E-state index in [0.717, 1.165) is 12.1 Å². The van der Waals surface area contributed by atoms with E-state index in [2.05, 4.69) is 41.5 Å². The van der Waals surface area contributed by atoms with E-state index >= 15 is 0 Å². The minimum Gasteiger partial charge on any atom is -0.341 e. The maximum absolute atomic E-state index is 13.0. The number of alkyl halides is 3. The van der Waals surface area contributed by atoms with Crippen molar-refractivity contribution in [2.45, 2.75) is 12.2 Å². The molecule has 0 saturated carbocycles. The number of urea groups is 2. The van der Waals surface area contributed by atoms with Crippen molar-refractivity contribution in [1.82, 2.24) is 15.3 Å². The van der Waals surface area contributed by atoms with E-state index in [4.69, 9.17) is 11.6 Å². The summed E-state index contributed by atoms with van der Waals surface area (Å²) in [6.07, 6.45) is -3.36. The van der Waals surface area contributed by atoms with Crippen LogP contribution in [-0.2, 0) is 6.18 Å². The van der Waals surface area contributed by atoms with Gasteiger partial charge in [0.05, 0.1) is 10.6 Å². The molecule has 0 spiro atoms. The Morgan fingerprint density at radius 2 is 1.63 bits per heavy atom. The number of hydrogen-bond donors (Lipinski definition) is 4. The number of amides is 4. The molecule has 2 aromatic carbocycles. The molecule has 0 aliphatic carbocycles. The summed E-state index contributed by atoms with van der Waals surface area (Å²) in [5, 5.41) is 17.7. The maximum Gasteiger partial charge on any atom is 0.417 e. The number of azo groups is 1. The number of carbonyl (C=O) groups is 2. The third-order valence-electron chi connectivity index (χ3n) is 4.86. The smallest absolute Gasteiger partial charge is 0.341 e. The molecule has 1 aromatic heterocycles. The molecule has 35 heavy (non-hydrogen) atoms. The van der Waals surface area contributed by atoms with E-state index in [1.54, 1.807) is 24.3 Å². The van der Waals surface area contributed by atoms with Crippen molar-refractivity contribution < 1.29 is 22.8 Å². The van der Waals surface area contributed by atoms with Crippen LogP contribution < -0.4 is 21.3 Å². The molecule has 3 aromatic rings. The number of hydrogen-bond acceptors (Lipinski definition) is 6. The molecule has 4 rings (SSSR count). The monoisotopic (exact) mass is 504 g/mol. The van der Waals surface area contributed by atoms with Gasteiger partial charge in [-0.1, -0.05) is 23.7 Å². The van der Waals surface area contributed by atoms with Gasteiger partial charge in [0.2, 0.25) is 0 Å². The van der Waals surface area contributed by atoms with Gasteiger partial charge in [0, 0.05) is 18.4 Å². The SMILES string of the molecule is CNC(=O)Nc1ncnc2c1N=NC2c1ccc(NC(=O)Nc2ccc(Cl)c(C(F)(F)F)c2)cc1. The number of aromatic nitrogens is 2. The van der Waals surface area contributed by atoms with Crippen LogP contribution in [0.15, 0.2) is 59.0 Å². The summed E-state index contributed by atoms with van der Waals surface area (Å²) in [5.41, 5.74) is 0.799. The van der Waals surface area contributed by atoms with Crippen molar-refractivity contribution >= 4 is 46.5 Å². The Bertz CT molecular complexity index is 1310. The fourth-order valence-corrected chi connectivity index (χ4v) is 3.43. The molecular weight excluding hydrogens is 489 g/mol. The summed E-state index contributed by atoms with van der Waals surface area (Å²) in [6, 6.07) is 7.88. The molecule has 1 aliphatic rings. The zero-order valence-corrected chi connectivity index (χ0v) is 18.6. The molecule has 4 N–H and O–H groups in total. The number of benzene rings is 2. The lowest BCUT2D eigenvalue weighted by atomic mass is 10.0. The Balaban J connectivity index is 1.44. The molecule has 1 aliphatic heterocycles. The number of fused-ring (bicyclic) bond motifs is 1. The number of anilines is 3. The minimum absolute atomic E-state index is 0.0697. The van der Waals surface area contributed by atoms with Crippen LogP contribution in [0.1, 0.15) is 22.9 Å². The topological polar surface area (TPSA) is 133 Å². The third-order valence-corrected chi connectivity index (χ3v) is 5.19. The zero-order chi connectivity index (χ0) is 25.2. The third kappa shape index (κ3) is 5.30. The quantitative estimate of drug-likeness (QED) is 0.361. The van der Waals surface area contributed by atoms with Crippen LogP contribution in [0, 0.1) is 0 Å². The van der Waals surface area contributed by atoms with Gasteiger partial charge in [0.1, 0.15) is 18.1 Å². The van der Waals surface area contributed by atoms with Crippen LogP contribution >= 0.6 is 11.6 Å². The Kier molecular flexibility index (Phi) is 6.51. The number of nitrogens with zero attached hydrogens (tertiary/aromatic N) is 4. The Labute approximate surface area is 201 Å². The van der Waals surface area contributed by atoms with Crippen LogP contribution in [0.4, 0.5) is 45.6 Å².